The van der Waals surface area contributed by atoms with Gasteiger partial charge in [-0.1, -0.05) is 42.5 Å². The average molecular weight is 385 g/mol. The number of amides is 1. The molecule has 142 valence electrons. The monoisotopic (exact) mass is 384 g/mol. The van der Waals surface area contributed by atoms with Crippen LogP contribution in [0.15, 0.2) is 46.9 Å². The molecule has 27 heavy (non-hydrogen) atoms. The highest BCUT2D eigenvalue weighted by Crippen LogP contribution is 2.33. The number of carbonyl (C=O) groups is 1. The van der Waals surface area contributed by atoms with Crippen molar-refractivity contribution in [1.82, 2.24) is 4.90 Å². The fourth-order valence-corrected chi connectivity index (χ4v) is 4.07. The van der Waals surface area contributed by atoms with Crippen LogP contribution in [0.2, 0.25) is 0 Å². The van der Waals surface area contributed by atoms with Crippen molar-refractivity contribution >= 4 is 29.3 Å². The molecule has 0 aliphatic carbocycles. The highest BCUT2D eigenvalue weighted by atomic mass is 35.5. The van der Waals surface area contributed by atoms with Crippen LogP contribution in [0.4, 0.5) is 0 Å². The molecule has 3 aromatic rings. The quantitative estimate of drug-likeness (QED) is 0.714. The van der Waals surface area contributed by atoms with Gasteiger partial charge in [0.15, 0.2) is 5.76 Å². The molecule has 0 unspecified atom stereocenters. The van der Waals surface area contributed by atoms with Gasteiger partial charge in [0.25, 0.3) is 5.91 Å². The molecule has 2 aromatic carbocycles. The minimum atomic E-state index is -0.0635. The fraction of sp³-hybridized carbons (Fsp3) is 0.318. The van der Waals surface area contributed by atoms with Crippen molar-refractivity contribution in [3.8, 4) is 0 Å². The molecule has 1 saturated heterocycles. The molecule has 1 amide bonds. The van der Waals surface area contributed by atoms with Gasteiger partial charge in [-0.05, 0) is 37.5 Å². The lowest BCUT2D eigenvalue weighted by Crippen LogP contribution is -2.32. The topological polar surface area (TPSA) is 59.5 Å². The summed E-state index contributed by atoms with van der Waals surface area (Å²) < 4.78 is 6.03. The largest absolute Gasteiger partial charge is 0.450 e. The van der Waals surface area contributed by atoms with Gasteiger partial charge in [-0.25, -0.2) is 0 Å². The summed E-state index contributed by atoms with van der Waals surface area (Å²) in [4.78, 5) is 15.0. The summed E-state index contributed by atoms with van der Waals surface area (Å²) in [6.07, 6.45) is 0. The third kappa shape index (κ3) is 3.24. The maximum Gasteiger partial charge on any atom is 0.289 e. The number of fused-ring (bicyclic) bond motifs is 1. The zero-order valence-corrected chi connectivity index (χ0v) is 16.7. The Hall–Kier alpha value is -2.30. The van der Waals surface area contributed by atoms with Crippen LogP contribution in [0, 0.1) is 20.8 Å². The smallest absolute Gasteiger partial charge is 0.289 e. The Kier molecular flexibility index (Phi) is 5.31. The standard InChI is InChI=1S/C22H24N2O2.ClH/c1-13-9-10-14(2)20-19(13)15(3)21(26-20)22(25)24-11-17(18(23)12-24)16-7-5-4-6-8-16;/h4-10,17-18H,11-12,23H2,1-3H3;1H/t17-,18+;/m0./s1. The highest BCUT2D eigenvalue weighted by molar-refractivity contribution is 6.00. The number of hydrogen-bond donors (Lipinski definition) is 1. The van der Waals surface area contributed by atoms with E-state index in [9.17, 15) is 4.79 Å². The van der Waals surface area contributed by atoms with Crippen LogP contribution in [0.3, 0.4) is 0 Å². The Morgan fingerprint density at radius 1 is 1.04 bits per heavy atom. The molecule has 0 spiro atoms. The first-order valence-electron chi connectivity index (χ1n) is 9.06. The van der Waals surface area contributed by atoms with Crippen molar-refractivity contribution in [2.24, 2.45) is 5.73 Å². The van der Waals surface area contributed by atoms with Crippen LogP contribution in [0.5, 0.6) is 0 Å². The van der Waals surface area contributed by atoms with Gasteiger partial charge >= 0.3 is 0 Å². The Morgan fingerprint density at radius 3 is 2.37 bits per heavy atom. The molecule has 1 fully saturated rings. The zero-order chi connectivity index (χ0) is 18.4. The van der Waals surface area contributed by atoms with Gasteiger partial charge in [0, 0.05) is 36.0 Å². The minimum absolute atomic E-state index is 0. The van der Waals surface area contributed by atoms with Crippen LogP contribution in [-0.2, 0) is 0 Å². The van der Waals surface area contributed by atoms with Crippen LogP contribution >= 0.6 is 12.4 Å². The van der Waals surface area contributed by atoms with Crippen molar-refractivity contribution in [2.45, 2.75) is 32.7 Å². The minimum Gasteiger partial charge on any atom is -0.450 e. The molecule has 1 aromatic heterocycles. The second kappa shape index (κ2) is 7.37. The van der Waals surface area contributed by atoms with Crippen LogP contribution in [-0.4, -0.2) is 29.9 Å². The predicted molar refractivity (Wildman–Crippen MR) is 111 cm³/mol. The lowest BCUT2D eigenvalue weighted by molar-refractivity contribution is 0.0759. The lowest BCUT2D eigenvalue weighted by atomic mass is 9.95. The molecule has 4 nitrogen and oxygen atoms in total. The van der Waals surface area contributed by atoms with Gasteiger partial charge < -0.3 is 15.1 Å². The summed E-state index contributed by atoms with van der Waals surface area (Å²) >= 11 is 0. The van der Waals surface area contributed by atoms with Crippen molar-refractivity contribution in [1.29, 1.82) is 0 Å². The molecule has 2 atom stereocenters. The fourth-order valence-electron chi connectivity index (χ4n) is 4.07. The molecule has 1 aliphatic heterocycles. The van der Waals surface area contributed by atoms with Crippen LogP contribution in [0.1, 0.15) is 38.7 Å². The highest BCUT2D eigenvalue weighted by Gasteiger charge is 2.36. The van der Waals surface area contributed by atoms with Crippen molar-refractivity contribution in [3.05, 3.63) is 70.5 Å². The Morgan fingerprint density at radius 2 is 1.70 bits per heavy atom. The number of likely N-dealkylation sites (tertiary alicyclic amines) is 1. The SMILES string of the molecule is Cc1ccc(C)c2c(C)c(C(=O)N3C[C@@H](N)[C@H](c4ccccc4)C3)oc12.Cl. The number of rotatable bonds is 2. The molecule has 0 saturated carbocycles. The summed E-state index contributed by atoms with van der Waals surface area (Å²) in [5.74, 6) is 0.540. The molecule has 2 heterocycles. The van der Waals surface area contributed by atoms with E-state index >= 15 is 0 Å². The number of aryl methyl sites for hydroxylation is 3. The first kappa shape index (κ1) is 19.5. The van der Waals surface area contributed by atoms with E-state index < -0.39 is 0 Å². The van der Waals surface area contributed by atoms with Crippen molar-refractivity contribution in [2.75, 3.05) is 13.1 Å². The maximum atomic E-state index is 13.2. The van der Waals surface area contributed by atoms with Gasteiger partial charge in [-0.2, -0.15) is 0 Å². The Labute approximate surface area is 165 Å². The number of nitrogens with zero attached hydrogens (tertiary/aromatic N) is 1. The number of carbonyl (C=O) groups excluding carboxylic acids is 1. The molecule has 0 radical (unpaired) electrons. The van der Waals surface area contributed by atoms with E-state index in [0.29, 0.717) is 18.8 Å². The summed E-state index contributed by atoms with van der Waals surface area (Å²) in [6.45, 7) is 7.20. The summed E-state index contributed by atoms with van der Waals surface area (Å²) in [5.41, 5.74) is 11.5. The van der Waals surface area contributed by atoms with E-state index in [-0.39, 0.29) is 30.3 Å². The third-order valence-corrected chi connectivity index (χ3v) is 5.56. The molecule has 1 aliphatic rings. The number of halogens is 1. The third-order valence-electron chi connectivity index (χ3n) is 5.56. The van der Waals surface area contributed by atoms with Gasteiger partial charge in [0.2, 0.25) is 0 Å². The van der Waals surface area contributed by atoms with E-state index in [1.165, 1.54) is 5.56 Å². The number of hydrogen-bond acceptors (Lipinski definition) is 3. The second-order valence-electron chi connectivity index (χ2n) is 7.35. The van der Waals surface area contributed by atoms with Gasteiger partial charge in [-0.3, -0.25) is 4.79 Å². The van der Waals surface area contributed by atoms with Crippen molar-refractivity contribution < 1.29 is 9.21 Å². The van der Waals surface area contributed by atoms with Crippen LogP contribution < -0.4 is 5.73 Å². The molecule has 4 rings (SSSR count). The molecular weight excluding hydrogens is 360 g/mol. The summed E-state index contributed by atoms with van der Waals surface area (Å²) in [5, 5.41) is 1.05. The average Bonchev–Trinajstić information content (AvgIpc) is 3.20. The molecule has 0 bridgehead atoms. The first-order valence-corrected chi connectivity index (χ1v) is 9.06. The molecular formula is C22H25ClN2O2. The number of benzene rings is 2. The molecule has 5 heteroatoms. The van der Waals surface area contributed by atoms with Gasteiger partial charge in [0.05, 0.1) is 0 Å². The first-order chi connectivity index (χ1) is 12.5. The Balaban J connectivity index is 0.00000210. The second-order valence-corrected chi connectivity index (χ2v) is 7.35. The molecule has 2 N–H and O–H groups in total. The van der Waals surface area contributed by atoms with E-state index in [4.69, 9.17) is 10.2 Å². The van der Waals surface area contributed by atoms with E-state index in [1.54, 1.807) is 0 Å². The Bertz CT molecular complexity index is 981. The van der Waals surface area contributed by atoms with E-state index in [0.717, 1.165) is 27.7 Å². The number of furan rings is 1. The van der Waals surface area contributed by atoms with Gasteiger partial charge in [0.1, 0.15) is 5.58 Å². The van der Waals surface area contributed by atoms with Crippen molar-refractivity contribution in [3.63, 3.8) is 0 Å². The predicted octanol–water partition coefficient (Wildman–Crippen LogP) is 4.35. The van der Waals surface area contributed by atoms with Crippen LogP contribution in [0.25, 0.3) is 11.0 Å². The summed E-state index contributed by atoms with van der Waals surface area (Å²) in [6, 6.07) is 14.2. The maximum absolute atomic E-state index is 13.2. The van der Waals surface area contributed by atoms with Gasteiger partial charge in [-0.15, -0.1) is 12.4 Å². The van der Waals surface area contributed by atoms with E-state index in [2.05, 4.69) is 25.1 Å². The van der Waals surface area contributed by atoms with E-state index in [1.807, 2.05) is 43.0 Å². The number of nitrogens with two attached hydrogens (primary N) is 1. The lowest BCUT2D eigenvalue weighted by Gasteiger charge is -2.15. The normalized spacial score (nSPS) is 19.3. The summed E-state index contributed by atoms with van der Waals surface area (Å²) in [7, 11) is 0. The zero-order valence-electron chi connectivity index (χ0n) is 15.9.